The van der Waals surface area contributed by atoms with Crippen molar-refractivity contribution in [1.29, 1.82) is 0 Å². The van der Waals surface area contributed by atoms with Crippen molar-refractivity contribution in [2.75, 3.05) is 19.0 Å². The van der Waals surface area contributed by atoms with Crippen molar-refractivity contribution in [2.45, 2.75) is 19.4 Å². The smallest absolute Gasteiger partial charge is 0.258 e. The number of ether oxygens (including phenoxy) is 1. The highest BCUT2D eigenvalue weighted by Gasteiger charge is 2.17. The van der Waals surface area contributed by atoms with Crippen LogP contribution in [0.25, 0.3) is 5.95 Å². The zero-order chi connectivity index (χ0) is 13.9. The second-order valence-corrected chi connectivity index (χ2v) is 4.72. The summed E-state index contributed by atoms with van der Waals surface area (Å²) in [5.41, 5.74) is -0.341. The van der Waals surface area contributed by atoms with E-state index in [9.17, 15) is 0 Å². The molecular weight excluding hydrogens is 270 g/mol. The third-order valence-electron chi connectivity index (χ3n) is 2.44. The van der Waals surface area contributed by atoms with Crippen LogP contribution < -0.4 is 5.32 Å². The fourth-order valence-electron chi connectivity index (χ4n) is 1.20. The van der Waals surface area contributed by atoms with Crippen LogP contribution in [0, 0.1) is 0 Å². The Hall–Kier alpha value is -1.80. The first-order chi connectivity index (χ1) is 9.00. The molecule has 0 radical (unpaired) electrons. The number of hydrogen-bond acceptors (Lipinski definition) is 7. The van der Waals surface area contributed by atoms with Crippen LogP contribution in [0.4, 0.5) is 5.95 Å². The van der Waals surface area contributed by atoms with E-state index in [4.69, 9.17) is 16.3 Å². The largest absolute Gasteiger partial charge is 0.377 e. The topological polar surface area (TPSA) is 90.6 Å². The lowest BCUT2D eigenvalue weighted by Crippen LogP contribution is -2.32. The molecule has 2 heterocycles. The summed E-state index contributed by atoms with van der Waals surface area (Å²) in [6.45, 7) is 4.42. The van der Waals surface area contributed by atoms with Crippen LogP contribution >= 0.6 is 11.6 Å². The second-order valence-electron chi connectivity index (χ2n) is 4.39. The van der Waals surface area contributed by atoms with Gasteiger partial charge in [0, 0.05) is 13.7 Å². The number of nitrogens with zero attached hydrogens (tertiary/aromatic N) is 6. The highest BCUT2D eigenvalue weighted by atomic mass is 35.5. The average molecular weight is 284 g/mol. The van der Waals surface area contributed by atoms with Gasteiger partial charge < -0.3 is 10.1 Å². The molecule has 8 nitrogen and oxygen atoms in total. The lowest BCUT2D eigenvalue weighted by Gasteiger charge is -2.23. The molecule has 0 saturated heterocycles. The molecule has 0 atom stereocenters. The molecule has 0 amide bonds. The first-order valence-electron chi connectivity index (χ1n) is 5.56. The van der Waals surface area contributed by atoms with Gasteiger partial charge in [-0.15, -0.1) is 0 Å². The van der Waals surface area contributed by atoms with E-state index in [1.54, 1.807) is 7.11 Å². The van der Waals surface area contributed by atoms with Gasteiger partial charge >= 0.3 is 0 Å². The molecule has 1 N–H and O–H groups in total. The maximum absolute atomic E-state index is 5.86. The van der Waals surface area contributed by atoms with E-state index >= 15 is 0 Å². The fraction of sp³-hybridized carbons (Fsp3) is 0.500. The SMILES string of the molecule is COC(C)(C)CNc1nc(Cl)nc(-n2cncn2)n1. The normalized spacial score (nSPS) is 11.6. The summed E-state index contributed by atoms with van der Waals surface area (Å²) in [4.78, 5) is 16.0. The average Bonchev–Trinajstić information content (AvgIpc) is 2.90. The summed E-state index contributed by atoms with van der Waals surface area (Å²) in [7, 11) is 1.64. The predicted molar refractivity (Wildman–Crippen MR) is 69.3 cm³/mol. The van der Waals surface area contributed by atoms with E-state index in [-0.39, 0.29) is 10.9 Å². The first-order valence-corrected chi connectivity index (χ1v) is 5.93. The molecule has 19 heavy (non-hydrogen) atoms. The Balaban J connectivity index is 2.18. The summed E-state index contributed by atoms with van der Waals surface area (Å²) in [5.74, 6) is 0.658. The third kappa shape index (κ3) is 3.58. The highest BCUT2D eigenvalue weighted by molar-refractivity contribution is 6.28. The Morgan fingerprint density at radius 3 is 2.79 bits per heavy atom. The molecule has 2 rings (SSSR count). The Kier molecular flexibility index (Phi) is 3.91. The first kappa shape index (κ1) is 13.6. The van der Waals surface area contributed by atoms with Gasteiger partial charge in [0.25, 0.3) is 5.95 Å². The van der Waals surface area contributed by atoms with E-state index in [0.29, 0.717) is 18.4 Å². The molecule has 2 aromatic rings. The summed E-state index contributed by atoms with van der Waals surface area (Å²) in [6.07, 6.45) is 2.87. The maximum Gasteiger partial charge on any atom is 0.258 e. The Morgan fingerprint density at radius 1 is 1.37 bits per heavy atom. The van der Waals surface area contributed by atoms with Crippen molar-refractivity contribution in [2.24, 2.45) is 0 Å². The number of halogens is 1. The van der Waals surface area contributed by atoms with Crippen molar-refractivity contribution in [3.05, 3.63) is 17.9 Å². The Labute approximate surface area is 115 Å². The van der Waals surface area contributed by atoms with Crippen LogP contribution in [0.3, 0.4) is 0 Å². The fourth-order valence-corrected chi connectivity index (χ4v) is 1.35. The summed E-state index contributed by atoms with van der Waals surface area (Å²) in [5, 5.41) is 7.06. The van der Waals surface area contributed by atoms with Gasteiger partial charge in [0.1, 0.15) is 12.7 Å². The van der Waals surface area contributed by atoms with Crippen molar-refractivity contribution < 1.29 is 4.74 Å². The lowest BCUT2D eigenvalue weighted by atomic mass is 10.1. The number of rotatable bonds is 5. The molecule has 0 bridgehead atoms. The zero-order valence-electron chi connectivity index (χ0n) is 10.8. The number of methoxy groups -OCH3 is 1. The minimum absolute atomic E-state index is 0.0817. The molecular formula is C10H14ClN7O. The van der Waals surface area contributed by atoms with Gasteiger partial charge in [0.15, 0.2) is 0 Å². The van der Waals surface area contributed by atoms with Crippen LogP contribution in [0.15, 0.2) is 12.7 Å². The van der Waals surface area contributed by atoms with Gasteiger partial charge in [0.05, 0.1) is 5.60 Å². The van der Waals surface area contributed by atoms with Crippen molar-refractivity contribution >= 4 is 17.5 Å². The van der Waals surface area contributed by atoms with Crippen molar-refractivity contribution in [3.63, 3.8) is 0 Å². The number of anilines is 1. The molecule has 0 aliphatic rings. The van der Waals surface area contributed by atoms with Crippen molar-refractivity contribution in [1.82, 2.24) is 29.7 Å². The molecule has 0 saturated carbocycles. The highest BCUT2D eigenvalue weighted by Crippen LogP contribution is 2.11. The molecule has 0 aliphatic heterocycles. The Morgan fingerprint density at radius 2 is 2.16 bits per heavy atom. The third-order valence-corrected chi connectivity index (χ3v) is 2.61. The van der Waals surface area contributed by atoms with Gasteiger partial charge in [-0.1, -0.05) is 0 Å². The van der Waals surface area contributed by atoms with Crippen LogP contribution in [0.1, 0.15) is 13.8 Å². The molecule has 102 valence electrons. The van der Waals surface area contributed by atoms with Gasteiger partial charge in [-0.2, -0.15) is 24.7 Å². The van der Waals surface area contributed by atoms with Crippen LogP contribution in [-0.4, -0.2) is 49.0 Å². The quantitative estimate of drug-likeness (QED) is 0.873. The molecule has 0 spiro atoms. The minimum Gasteiger partial charge on any atom is -0.377 e. The summed E-state index contributed by atoms with van der Waals surface area (Å²) in [6, 6.07) is 0. The zero-order valence-corrected chi connectivity index (χ0v) is 11.6. The Bertz CT molecular complexity index is 543. The summed E-state index contributed by atoms with van der Waals surface area (Å²) < 4.78 is 6.70. The molecule has 0 aromatic carbocycles. The minimum atomic E-state index is -0.341. The van der Waals surface area contributed by atoms with Crippen LogP contribution in [0.2, 0.25) is 5.28 Å². The van der Waals surface area contributed by atoms with Crippen LogP contribution in [-0.2, 0) is 4.74 Å². The maximum atomic E-state index is 5.86. The molecule has 0 fully saturated rings. The molecule has 0 unspecified atom stereocenters. The van der Waals surface area contributed by atoms with E-state index in [2.05, 4.69) is 30.4 Å². The van der Waals surface area contributed by atoms with E-state index in [0.717, 1.165) is 0 Å². The molecule has 0 aliphatic carbocycles. The standard InChI is InChI=1S/C10H14ClN7O/c1-10(2,19-3)4-13-8-15-7(11)16-9(17-8)18-6-12-5-14-18/h5-6H,4H2,1-3H3,(H,13,15,16,17). The molecule has 2 aromatic heterocycles. The molecule has 9 heteroatoms. The number of nitrogens with one attached hydrogen (secondary N) is 1. The predicted octanol–water partition coefficient (Wildman–Crippen LogP) is 0.943. The lowest BCUT2D eigenvalue weighted by molar-refractivity contribution is 0.0342. The van der Waals surface area contributed by atoms with Crippen LogP contribution in [0.5, 0.6) is 0 Å². The van der Waals surface area contributed by atoms with E-state index in [1.807, 2.05) is 13.8 Å². The number of aromatic nitrogens is 6. The summed E-state index contributed by atoms with van der Waals surface area (Å²) >= 11 is 5.86. The monoisotopic (exact) mass is 283 g/mol. The van der Waals surface area contributed by atoms with Gasteiger partial charge in [-0.05, 0) is 25.4 Å². The van der Waals surface area contributed by atoms with Gasteiger partial charge in [-0.3, -0.25) is 0 Å². The van der Waals surface area contributed by atoms with E-state index < -0.39 is 0 Å². The van der Waals surface area contributed by atoms with Crippen molar-refractivity contribution in [3.8, 4) is 5.95 Å². The van der Waals surface area contributed by atoms with Gasteiger partial charge in [0.2, 0.25) is 11.2 Å². The second kappa shape index (κ2) is 5.45. The van der Waals surface area contributed by atoms with Gasteiger partial charge in [-0.25, -0.2) is 4.98 Å². The number of hydrogen-bond donors (Lipinski definition) is 1. The van der Waals surface area contributed by atoms with E-state index in [1.165, 1.54) is 17.3 Å².